The Kier molecular flexibility index (Phi) is 4.22. The summed E-state index contributed by atoms with van der Waals surface area (Å²) < 4.78 is 1.39. The number of aromatic nitrogens is 2. The van der Waals surface area contributed by atoms with Gasteiger partial charge in [0, 0.05) is 23.5 Å². The SMILES string of the molecule is CC(=O)c1cccc(NC2=CCC(C)n3c2ncc(C(=O)O)c3=O)c1. The first kappa shape index (κ1) is 16.6. The molecule has 2 N–H and O–H groups in total. The molecule has 2 aromatic rings. The van der Waals surface area contributed by atoms with Crippen molar-refractivity contribution < 1.29 is 14.7 Å². The van der Waals surface area contributed by atoms with Gasteiger partial charge < -0.3 is 10.4 Å². The molecule has 1 aromatic carbocycles. The fourth-order valence-electron chi connectivity index (χ4n) is 2.79. The summed E-state index contributed by atoms with van der Waals surface area (Å²) in [5.41, 5.74) is 0.941. The molecule has 0 bridgehead atoms. The maximum absolute atomic E-state index is 12.4. The number of benzene rings is 1. The summed E-state index contributed by atoms with van der Waals surface area (Å²) in [5, 5.41) is 12.3. The van der Waals surface area contributed by atoms with Crippen LogP contribution in [0.1, 0.15) is 52.9 Å². The lowest BCUT2D eigenvalue weighted by molar-refractivity contribution is 0.0693. The second-order valence-electron chi connectivity index (χ2n) is 5.94. The highest BCUT2D eigenvalue weighted by molar-refractivity contribution is 5.95. The molecule has 3 rings (SSSR count). The zero-order chi connectivity index (χ0) is 18.1. The van der Waals surface area contributed by atoms with E-state index in [1.54, 1.807) is 24.3 Å². The van der Waals surface area contributed by atoms with Crippen molar-refractivity contribution in [1.29, 1.82) is 0 Å². The first-order chi connectivity index (χ1) is 11.9. The van der Waals surface area contributed by atoms with Gasteiger partial charge in [0.15, 0.2) is 11.6 Å². The maximum Gasteiger partial charge on any atom is 0.342 e. The molecule has 1 aliphatic heterocycles. The highest BCUT2D eigenvalue weighted by Gasteiger charge is 2.24. The van der Waals surface area contributed by atoms with Crippen LogP contribution in [-0.2, 0) is 0 Å². The van der Waals surface area contributed by atoms with E-state index in [-0.39, 0.29) is 17.4 Å². The lowest BCUT2D eigenvalue weighted by Gasteiger charge is -2.25. The van der Waals surface area contributed by atoms with Gasteiger partial charge in [0.25, 0.3) is 5.56 Å². The monoisotopic (exact) mass is 339 g/mol. The molecule has 0 fully saturated rings. The van der Waals surface area contributed by atoms with Gasteiger partial charge in [-0.25, -0.2) is 9.78 Å². The van der Waals surface area contributed by atoms with Crippen LogP contribution in [0.3, 0.4) is 0 Å². The number of carboxylic acid groups (broad SMARTS) is 1. The van der Waals surface area contributed by atoms with Crippen molar-refractivity contribution in [3.8, 4) is 0 Å². The van der Waals surface area contributed by atoms with Gasteiger partial charge in [-0.1, -0.05) is 18.2 Å². The molecule has 2 heterocycles. The zero-order valence-corrected chi connectivity index (χ0v) is 13.8. The van der Waals surface area contributed by atoms with Crippen LogP contribution in [0.4, 0.5) is 5.69 Å². The highest BCUT2D eigenvalue weighted by Crippen LogP contribution is 2.26. The molecular formula is C18H17N3O4. The average Bonchev–Trinajstić information content (AvgIpc) is 2.57. The summed E-state index contributed by atoms with van der Waals surface area (Å²) in [4.78, 5) is 39.3. The van der Waals surface area contributed by atoms with Gasteiger partial charge in [0.2, 0.25) is 0 Å². The van der Waals surface area contributed by atoms with Crippen molar-refractivity contribution in [3.05, 3.63) is 63.8 Å². The molecule has 25 heavy (non-hydrogen) atoms. The average molecular weight is 339 g/mol. The molecule has 128 valence electrons. The number of carboxylic acids is 1. The first-order valence-electron chi connectivity index (χ1n) is 7.82. The third-order valence-corrected chi connectivity index (χ3v) is 4.12. The van der Waals surface area contributed by atoms with Gasteiger partial charge >= 0.3 is 5.97 Å². The quantitative estimate of drug-likeness (QED) is 0.830. The van der Waals surface area contributed by atoms with E-state index in [9.17, 15) is 14.4 Å². The molecule has 1 aliphatic rings. The summed E-state index contributed by atoms with van der Waals surface area (Å²) in [5.74, 6) is -0.962. The number of anilines is 1. The Bertz CT molecular complexity index is 959. The number of nitrogens with one attached hydrogen (secondary N) is 1. The third-order valence-electron chi connectivity index (χ3n) is 4.12. The van der Waals surface area contributed by atoms with Crippen LogP contribution >= 0.6 is 0 Å². The highest BCUT2D eigenvalue weighted by atomic mass is 16.4. The molecule has 7 heteroatoms. The number of allylic oxidation sites excluding steroid dienone is 1. The van der Waals surface area contributed by atoms with Crippen LogP contribution in [-0.4, -0.2) is 26.4 Å². The molecule has 0 saturated heterocycles. The van der Waals surface area contributed by atoms with Crippen molar-refractivity contribution in [2.75, 3.05) is 5.32 Å². The van der Waals surface area contributed by atoms with E-state index in [2.05, 4.69) is 10.3 Å². The van der Waals surface area contributed by atoms with Gasteiger partial charge in [-0.05, 0) is 32.4 Å². The second-order valence-corrected chi connectivity index (χ2v) is 5.94. The van der Waals surface area contributed by atoms with Gasteiger partial charge in [0.1, 0.15) is 5.56 Å². The topological polar surface area (TPSA) is 101 Å². The summed E-state index contributed by atoms with van der Waals surface area (Å²) >= 11 is 0. The predicted molar refractivity (Wildman–Crippen MR) is 92.8 cm³/mol. The van der Waals surface area contributed by atoms with Gasteiger partial charge in [0.05, 0.1) is 5.70 Å². The van der Waals surface area contributed by atoms with Crippen LogP contribution in [0.25, 0.3) is 5.70 Å². The Hall–Kier alpha value is -3.22. The van der Waals surface area contributed by atoms with E-state index in [0.29, 0.717) is 29.2 Å². The van der Waals surface area contributed by atoms with Crippen LogP contribution in [0.2, 0.25) is 0 Å². The molecule has 1 unspecified atom stereocenters. The van der Waals surface area contributed by atoms with Gasteiger partial charge in [-0.3, -0.25) is 14.2 Å². The van der Waals surface area contributed by atoms with Crippen LogP contribution < -0.4 is 10.9 Å². The van der Waals surface area contributed by atoms with E-state index in [0.717, 1.165) is 6.20 Å². The summed E-state index contributed by atoms with van der Waals surface area (Å²) in [6, 6.07) is 6.82. The minimum Gasteiger partial charge on any atom is -0.477 e. The van der Waals surface area contributed by atoms with E-state index in [1.165, 1.54) is 11.5 Å². The van der Waals surface area contributed by atoms with Crippen LogP contribution in [0.5, 0.6) is 0 Å². The van der Waals surface area contributed by atoms with E-state index < -0.39 is 11.5 Å². The molecular weight excluding hydrogens is 322 g/mol. The second kappa shape index (κ2) is 6.35. The lowest BCUT2D eigenvalue weighted by atomic mass is 10.1. The summed E-state index contributed by atoms with van der Waals surface area (Å²) in [6.45, 7) is 3.33. The normalized spacial score (nSPS) is 15.9. The number of ketones is 1. The number of Topliss-reactive ketones (excluding diaryl/α,β-unsaturated/α-hetero) is 1. The molecule has 7 nitrogen and oxygen atoms in total. The molecule has 0 spiro atoms. The first-order valence-corrected chi connectivity index (χ1v) is 7.82. The Morgan fingerprint density at radius 2 is 2.12 bits per heavy atom. The predicted octanol–water partition coefficient (Wildman–Crippen LogP) is 2.56. The van der Waals surface area contributed by atoms with Crippen molar-refractivity contribution in [2.45, 2.75) is 26.3 Å². The fourth-order valence-corrected chi connectivity index (χ4v) is 2.79. The Balaban J connectivity index is 2.02. The summed E-state index contributed by atoms with van der Waals surface area (Å²) in [6.07, 6.45) is 3.55. The largest absolute Gasteiger partial charge is 0.477 e. The number of fused-ring (bicyclic) bond motifs is 1. The number of hydrogen-bond acceptors (Lipinski definition) is 5. The standard InChI is InChI=1S/C18H17N3O4/c1-10-6-7-15(20-13-5-3-4-12(8-13)11(2)22)16-19-9-14(18(24)25)17(23)21(10)16/h3-5,7-10,20H,6H2,1-2H3,(H,24,25). The smallest absolute Gasteiger partial charge is 0.342 e. The number of hydrogen-bond donors (Lipinski definition) is 2. The van der Waals surface area contributed by atoms with Crippen molar-refractivity contribution in [1.82, 2.24) is 9.55 Å². The number of nitrogens with zero attached hydrogens (tertiary/aromatic N) is 2. The minimum atomic E-state index is -1.29. The molecule has 1 atom stereocenters. The molecule has 0 amide bonds. The molecule has 0 aliphatic carbocycles. The fraction of sp³-hybridized carbons (Fsp3) is 0.222. The van der Waals surface area contributed by atoms with Gasteiger partial charge in [-0.2, -0.15) is 0 Å². The van der Waals surface area contributed by atoms with Crippen molar-refractivity contribution >= 4 is 23.1 Å². The Morgan fingerprint density at radius 3 is 2.80 bits per heavy atom. The summed E-state index contributed by atoms with van der Waals surface area (Å²) in [7, 11) is 0. The Labute approximate surface area is 143 Å². The lowest BCUT2D eigenvalue weighted by Crippen LogP contribution is -2.34. The van der Waals surface area contributed by atoms with E-state index >= 15 is 0 Å². The number of aromatic carboxylic acids is 1. The molecule has 1 aromatic heterocycles. The number of carbonyl (C=O) groups is 2. The Morgan fingerprint density at radius 1 is 1.36 bits per heavy atom. The van der Waals surface area contributed by atoms with E-state index in [1.807, 2.05) is 13.0 Å². The maximum atomic E-state index is 12.4. The minimum absolute atomic E-state index is 0.0456. The van der Waals surface area contributed by atoms with Crippen LogP contribution in [0, 0.1) is 0 Å². The molecule has 0 saturated carbocycles. The van der Waals surface area contributed by atoms with E-state index in [4.69, 9.17) is 5.11 Å². The molecule has 0 radical (unpaired) electrons. The zero-order valence-electron chi connectivity index (χ0n) is 13.8. The number of rotatable bonds is 4. The van der Waals surface area contributed by atoms with Crippen molar-refractivity contribution in [2.24, 2.45) is 0 Å². The van der Waals surface area contributed by atoms with Crippen molar-refractivity contribution in [3.63, 3.8) is 0 Å². The van der Waals surface area contributed by atoms with Crippen LogP contribution in [0.15, 0.2) is 41.3 Å². The number of carbonyl (C=O) groups excluding carboxylic acids is 1. The van der Waals surface area contributed by atoms with Gasteiger partial charge in [-0.15, -0.1) is 0 Å². The third kappa shape index (κ3) is 3.08.